The van der Waals surface area contributed by atoms with Crippen molar-refractivity contribution in [2.24, 2.45) is 11.8 Å². The average molecular weight is 243 g/mol. The van der Waals surface area contributed by atoms with Gasteiger partial charge in [-0.25, -0.2) is 4.79 Å². The summed E-state index contributed by atoms with van der Waals surface area (Å²) in [7, 11) is 0. The molecule has 0 radical (unpaired) electrons. The molecule has 4 heteroatoms. The predicted molar refractivity (Wildman–Crippen MR) is 67.7 cm³/mol. The number of amides is 1. The highest BCUT2D eigenvalue weighted by atomic mass is 16.4. The van der Waals surface area contributed by atoms with Gasteiger partial charge in [-0.15, -0.1) is 0 Å². The van der Waals surface area contributed by atoms with Crippen molar-refractivity contribution in [1.82, 2.24) is 5.32 Å². The average Bonchev–Trinajstić information content (AvgIpc) is 2.15. The van der Waals surface area contributed by atoms with Gasteiger partial charge in [0.1, 0.15) is 5.54 Å². The Labute approximate surface area is 104 Å². The van der Waals surface area contributed by atoms with Crippen LogP contribution in [0.4, 0.5) is 0 Å². The molecule has 0 aromatic carbocycles. The molecule has 0 aromatic rings. The van der Waals surface area contributed by atoms with Crippen LogP contribution in [-0.4, -0.2) is 22.5 Å². The first-order valence-corrected chi connectivity index (χ1v) is 6.25. The van der Waals surface area contributed by atoms with Crippen LogP contribution in [0, 0.1) is 11.8 Å². The summed E-state index contributed by atoms with van der Waals surface area (Å²) in [6.07, 6.45) is 1.75. The van der Waals surface area contributed by atoms with E-state index in [2.05, 4.69) is 19.2 Å². The number of carboxylic acids is 1. The van der Waals surface area contributed by atoms with Gasteiger partial charge >= 0.3 is 5.97 Å². The van der Waals surface area contributed by atoms with E-state index < -0.39 is 11.5 Å². The zero-order valence-electron chi connectivity index (χ0n) is 11.5. The lowest BCUT2D eigenvalue weighted by Crippen LogP contribution is -2.51. The number of rotatable bonds is 7. The smallest absolute Gasteiger partial charge is 0.329 e. The number of hydrogen-bond donors (Lipinski definition) is 2. The standard InChI is InChI=1S/C13H25NO3/c1-6-13(5,12(16)17)14-11(15)8-10(4)7-9(2)3/h9-10H,6-8H2,1-5H3,(H,14,15)(H,16,17). The molecular formula is C13H25NO3. The number of carboxylic acid groups (broad SMARTS) is 1. The summed E-state index contributed by atoms with van der Waals surface area (Å²) in [5, 5.41) is 11.7. The monoisotopic (exact) mass is 243 g/mol. The summed E-state index contributed by atoms with van der Waals surface area (Å²) < 4.78 is 0. The molecule has 2 unspecified atom stereocenters. The molecule has 2 N–H and O–H groups in total. The maximum atomic E-state index is 11.7. The number of hydrogen-bond acceptors (Lipinski definition) is 2. The molecule has 0 saturated heterocycles. The second-order valence-electron chi connectivity index (χ2n) is 5.48. The minimum atomic E-state index is -1.14. The van der Waals surface area contributed by atoms with Gasteiger partial charge in [-0.1, -0.05) is 27.7 Å². The van der Waals surface area contributed by atoms with Crippen molar-refractivity contribution in [3.63, 3.8) is 0 Å². The molecule has 2 atom stereocenters. The topological polar surface area (TPSA) is 66.4 Å². The molecule has 0 spiro atoms. The summed E-state index contributed by atoms with van der Waals surface area (Å²) >= 11 is 0. The highest BCUT2D eigenvalue weighted by Crippen LogP contribution is 2.16. The molecule has 100 valence electrons. The second kappa shape index (κ2) is 6.62. The van der Waals surface area contributed by atoms with Crippen LogP contribution < -0.4 is 5.32 Å². The molecule has 0 aliphatic rings. The molecule has 0 aliphatic carbocycles. The lowest BCUT2D eigenvalue weighted by atomic mass is 9.94. The summed E-state index contributed by atoms with van der Waals surface area (Å²) in [5.41, 5.74) is -1.14. The molecule has 0 heterocycles. The molecular weight excluding hydrogens is 218 g/mol. The van der Waals surface area contributed by atoms with E-state index in [1.54, 1.807) is 13.8 Å². The largest absolute Gasteiger partial charge is 0.480 e. The van der Waals surface area contributed by atoms with E-state index >= 15 is 0 Å². The zero-order valence-corrected chi connectivity index (χ0v) is 11.5. The Kier molecular flexibility index (Phi) is 6.21. The van der Waals surface area contributed by atoms with Crippen LogP contribution in [0.2, 0.25) is 0 Å². The summed E-state index contributed by atoms with van der Waals surface area (Å²) in [6, 6.07) is 0. The maximum absolute atomic E-state index is 11.7. The number of aliphatic carboxylic acids is 1. The fraction of sp³-hybridized carbons (Fsp3) is 0.846. The van der Waals surface area contributed by atoms with Crippen molar-refractivity contribution >= 4 is 11.9 Å². The van der Waals surface area contributed by atoms with Crippen molar-refractivity contribution in [2.45, 2.75) is 59.4 Å². The Morgan fingerprint density at radius 3 is 2.18 bits per heavy atom. The fourth-order valence-corrected chi connectivity index (χ4v) is 1.86. The molecule has 0 aliphatic heterocycles. The minimum Gasteiger partial charge on any atom is -0.480 e. The van der Waals surface area contributed by atoms with E-state index in [9.17, 15) is 9.59 Å². The molecule has 17 heavy (non-hydrogen) atoms. The van der Waals surface area contributed by atoms with E-state index in [1.807, 2.05) is 6.92 Å². The molecule has 0 saturated carbocycles. The fourth-order valence-electron chi connectivity index (χ4n) is 1.86. The van der Waals surface area contributed by atoms with Crippen molar-refractivity contribution in [3.8, 4) is 0 Å². The highest BCUT2D eigenvalue weighted by molar-refractivity contribution is 5.86. The third-order valence-corrected chi connectivity index (χ3v) is 3.00. The Balaban J connectivity index is 4.30. The number of nitrogens with one attached hydrogen (secondary N) is 1. The van der Waals surface area contributed by atoms with Crippen LogP contribution in [0.3, 0.4) is 0 Å². The van der Waals surface area contributed by atoms with Gasteiger partial charge < -0.3 is 10.4 Å². The highest BCUT2D eigenvalue weighted by Gasteiger charge is 2.32. The van der Waals surface area contributed by atoms with Gasteiger partial charge in [-0.3, -0.25) is 4.79 Å². The Hall–Kier alpha value is -1.06. The van der Waals surface area contributed by atoms with Crippen LogP contribution >= 0.6 is 0 Å². The Morgan fingerprint density at radius 2 is 1.82 bits per heavy atom. The van der Waals surface area contributed by atoms with E-state index in [4.69, 9.17) is 5.11 Å². The third-order valence-electron chi connectivity index (χ3n) is 3.00. The van der Waals surface area contributed by atoms with Crippen LogP contribution in [0.5, 0.6) is 0 Å². The van der Waals surface area contributed by atoms with E-state index in [0.717, 1.165) is 6.42 Å². The minimum absolute atomic E-state index is 0.176. The summed E-state index contributed by atoms with van der Waals surface area (Å²) in [4.78, 5) is 22.8. The maximum Gasteiger partial charge on any atom is 0.329 e. The normalized spacial score (nSPS) is 16.4. The van der Waals surface area contributed by atoms with E-state index in [-0.39, 0.29) is 11.8 Å². The second-order valence-corrected chi connectivity index (χ2v) is 5.48. The lowest BCUT2D eigenvalue weighted by Gasteiger charge is -2.25. The van der Waals surface area contributed by atoms with Crippen LogP contribution in [0.15, 0.2) is 0 Å². The van der Waals surface area contributed by atoms with E-state index in [0.29, 0.717) is 18.8 Å². The van der Waals surface area contributed by atoms with Gasteiger partial charge in [0, 0.05) is 6.42 Å². The van der Waals surface area contributed by atoms with Crippen molar-refractivity contribution in [3.05, 3.63) is 0 Å². The van der Waals surface area contributed by atoms with Crippen LogP contribution in [0.25, 0.3) is 0 Å². The van der Waals surface area contributed by atoms with Crippen LogP contribution in [0.1, 0.15) is 53.9 Å². The molecule has 1 amide bonds. The summed E-state index contributed by atoms with van der Waals surface area (Å²) in [6.45, 7) is 9.54. The zero-order chi connectivity index (χ0) is 13.6. The van der Waals surface area contributed by atoms with Gasteiger partial charge in [0.15, 0.2) is 0 Å². The number of carbonyl (C=O) groups excluding carboxylic acids is 1. The first-order valence-electron chi connectivity index (χ1n) is 6.25. The van der Waals surface area contributed by atoms with Crippen molar-refractivity contribution < 1.29 is 14.7 Å². The molecule has 4 nitrogen and oxygen atoms in total. The van der Waals surface area contributed by atoms with Gasteiger partial charge in [-0.05, 0) is 31.6 Å². The van der Waals surface area contributed by atoms with Gasteiger partial charge in [0.05, 0.1) is 0 Å². The SMILES string of the molecule is CCC(C)(NC(=O)CC(C)CC(C)C)C(=O)O. The predicted octanol–water partition coefficient (Wildman–Crippen LogP) is 2.43. The number of carbonyl (C=O) groups is 2. The molecule has 0 aromatic heterocycles. The molecule has 0 rings (SSSR count). The quantitative estimate of drug-likeness (QED) is 0.721. The first-order chi connectivity index (χ1) is 7.71. The van der Waals surface area contributed by atoms with Crippen molar-refractivity contribution in [2.75, 3.05) is 0 Å². The van der Waals surface area contributed by atoms with Crippen LogP contribution in [-0.2, 0) is 9.59 Å². The van der Waals surface area contributed by atoms with Crippen molar-refractivity contribution in [1.29, 1.82) is 0 Å². The molecule has 0 fully saturated rings. The first kappa shape index (κ1) is 15.9. The van der Waals surface area contributed by atoms with Gasteiger partial charge in [0.25, 0.3) is 0 Å². The van der Waals surface area contributed by atoms with Gasteiger partial charge in [-0.2, -0.15) is 0 Å². The third kappa shape index (κ3) is 5.71. The lowest BCUT2D eigenvalue weighted by molar-refractivity contribution is -0.147. The van der Waals surface area contributed by atoms with Gasteiger partial charge in [0.2, 0.25) is 5.91 Å². The Morgan fingerprint density at radius 1 is 1.29 bits per heavy atom. The Bertz CT molecular complexity index is 276. The summed E-state index contributed by atoms with van der Waals surface area (Å²) in [5.74, 6) is -0.325. The molecule has 0 bridgehead atoms. The van der Waals surface area contributed by atoms with E-state index in [1.165, 1.54) is 0 Å².